The van der Waals surface area contributed by atoms with Crippen LogP contribution in [0.25, 0.3) is 0 Å². The number of nitrogens with zero attached hydrogens (tertiary/aromatic N) is 1. The van der Waals surface area contributed by atoms with Crippen LogP contribution >= 0.6 is 0 Å². The molecule has 1 N–H and O–H groups in total. The van der Waals surface area contributed by atoms with Crippen molar-refractivity contribution in [2.75, 3.05) is 26.3 Å². The van der Waals surface area contributed by atoms with Gasteiger partial charge in [-0.15, -0.1) is 0 Å². The van der Waals surface area contributed by atoms with E-state index in [9.17, 15) is 4.79 Å². The molecule has 3 aromatic carbocycles. The molecular weight excluding hydrogens is 400 g/mol. The van der Waals surface area contributed by atoms with Crippen molar-refractivity contribution in [3.05, 3.63) is 107 Å². The number of carbonyl (C=O) groups is 1. The highest BCUT2D eigenvalue weighted by Crippen LogP contribution is 2.13. The van der Waals surface area contributed by atoms with Gasteiger partial charge in [0.25, 0.3) is 5.91 Å². The molecule has 0 saturated carbocycles. The van der Waals surface area contributed by atoms with Crippen molar-refractivity contribution < 1.29 is 14.3 Å². The van der Waals surface area contributed by atoms with Gasteiger partial charge >= 0.3 is 0 Å². The van der Waals surface area contributed by atoms with Crippen LogP contribution in [0.3, 0.4) is 0 Å². The smallest absolute Gasteiger partial charge is 0.251 e. The lowest BCUT2D eigenvalue weighted by Crippen LogP contribution is -2.35. The van der Waals surface area contributed by atoms with Gasteiger partial charge in [-0.2, -0.15) is 0 Å². The van der Waals surface area contributed by atoms with Crippen LogP contribution in [0.1, 0.15) is 32.6 Å². The Labute approximate surface area is 190 Å². The Morgan fingerprint density at radius 3 is 2.38 bits per heavy atom. The van der Waals surface area contributed by atoms with E-state index in [-0.39, 0.29) is 5.91 Å². The van der Waals surface area contributed by atoms with E-state index < -0.39 is 0 Å². The van der Waals surface area contributed by atoms with E-state index in [0.717, 1.165) is 55.1 Å². The zero-order valence-corrected chi connectivity index (χ0v) is 18.3. The third-order valence-corrected chi connectivity index (χ3v) is 5.63. The van der Waals surface area contributed by atoms with Gasteiger partial charge in [0, 0.05) is 31.7 Å². The third-order valence-electron chi connectivity index (χ3n) is 5.63. The molecule has 0 radical (unpaired) electrons. The number of hydrogen-bond acceptors (Lipinski definition) is 4. The van der Waals surface area contributed by atoms with E-state index in [1.807, 2.05) is 54.6 Å². The zero-order chi connectivity index (χ0) is 22.0. The maximum absolute atomic E-state index is 12.8. The molecule has 1 amide bonds. The Hall–Kier alpha value is -2.99. The van der Waals surface area contributed by atoms with Gasteiger partial charge in [-0.25, -0.2) is 0 Å². The van der Waals surface area contributed by atoms with Gasteiger partial charge in [0.05, 0.1) is 26.4 Å². The zero-order valence-electron chi connectivity index (χ0n) is 18.3. The molecule has 5 heteroatoms. The lowest BCUT2D eigenvalue weighted by molar-refractivity contribution is 0.0342. The fourth-order valence-electron chi connectivity index (χ4n) is 3.83. The predicted molar refractivity (Wildman–Crippen MR) is 125 cm³/mol. The minimum absolute atomic E-state index is 0.0613. The summed E-state index contributed by atoms with van der Waals surface area (Å²) in [6.45, 7) is 5.79. The molecule has 5 nitrogen and oxygen atoms in total. The van der Waals surface area contributed by atoms with Crippen molar-refractivity contribution in [3.8, 4) is 0 Å². The first-order chi connectivity index (χ1) is 15.8. The summed E-state index contributed by atoms with van der Waals surface area (Å²) in [5, 5.41) is 3.07. The van der Waals surface area contributed by atoms with Gasteiger partial charge in [0.15, 0.2) is 0 Å². The first-order valence-corrected chi connectivity index (χ1v) is 11.1. The van der Waals surface area contributed by atoms with Crippen LogP contribution in [0.5, 0.6) is 0 Å². The summed E-state index contributed by atoms with van der Waals surface area (Å²) >= 11 is 0. The van der Waals surface area contributed by atoms with Gasteiger partial charge in [0.1, 0.15) is 0 Å². The molecule has 0 aromatic heterocycles. The van der Waals surface area contributed by atoms with E-state index >= 15 is 0 Å². The first kappa shape index (κ1) is 22.2. The monoisotopic (exact) mass is 430 g/mol. The number of ether oxygens (including phenoxy) is 2. The molecule has 1 saturated heterocycles. The fourth-order valence-corrected chi connectivity index (χ4v) is 3.83. The first-order valence-electron chi connectivity index (χ1n) is 11.1. The molecule has 4 rings (SSSR count). The second kappa shape index (κ2) is 11.6. The second-order valence-corrected chi connectivity index (χ2v) is 8.02. The van der Waals surface area contributed by atoms with E-state index in [4.69, 9.17) is 9.47 Å². The number of nitrogens with one attached hydrogen (secondary N) is 1. The molecule has 3 aromatic rings. The molecule has 1 heterocycles. The average molecular weight is 431 g/mol. The maximum atomic E-state index is 12.8. The maximum Gasteiger partial charge on any atom is 0.251 e. The number of rotatable bonds is 9. The van der Waals surface area contributed by atoms with Gasteiger partial charge in [0.2, 0.25) is 0 Å². The van der Waals surface area contributed by atoms with Gasteiger partial charge in [-0.05, 0) is 34.4 Å². The molecule has 0 atom stereocenters. The second-order valence-electron chi connectivity index (χ2n) is 8.02. The predicted octanol–water partition coefficient (Wildman–Crippen LogP) is 4.17. The van der Waals surface area contributed by atoms with Crippen LogP contribution in [0, 0.1) is 0 Å². The summed E-state index contributed by atoms with van der Waals surface area (Å²) in [5.74, 6) is -0.0613. The summed E-state index contributed by atoms with van der Waals surface area (Å²) < 4.78 is 11.3. The third kappa shape index (κ3) is 6.50. The molecule has 32 heavy (non-hydrogen) atoms. The van der Waals surface area contributed by atoms with Crippen LogP contribution in [-0.4, -0.2) is 37.1 Å². The average Bonchev–Trinajstić information content (AvgIpc) is 2.85. The molecule has 1 fully saturated rings. The standard InChI is InChI=1S/C27H30N2O3/c30-27(24-12-6-9-23(17-24)19-29-13-15-31-16-14-29)28-18-25-10-4-5-11-26(25)21-32-20-22-7-2-1-3-8-22/h1-12,17H,13-16,18-21H2,(H,28,30). The van der Waals surface area contributed by atoms with Gasteiger partial charge < -0.3 is 14.8 Å². The Bertz CT molecular complexity index is 1000. The largest absolute Gasteiger partial charge is 0.379 e. The van der Waals surface area contributed by atoms with Crippen LogP contribution in [-0.2, 0) is 35.8 Å². The van der Waals surface area contributed by atoms with Crippen LogP contribution in [0.4, 0.5) is 0 Å². The highest BCUT2D eigenvalue weighted by atomic mass is 16.5. The number of carbonyl (C=O) groups excluding carboxylic acids is 1. The summed E-state index contributed by atoms with van der Waals surface area (Å²) in [6, 6.07) is 26.1. The summed E-state index contributed by atoms with van der Waals surface area (Å²) in [5.41, 5.74) is 5.14. The van der Waals surface area contributed by atoms with Gasteiger partial charge in [-0.1, -0.05) is 66.7 Å². The summed E-state index contributed by atoms with van der Waals surface area (Å²) in [6.07, 6.45) is 0. The number of morpholine rings is 1. The quantitative estimate of drug-likeness (QED) is 0.554. The van der Waals surface area contributed by atoms with E-state index in [1.165, 1.54) is 0 Å². The van der Waals surface area contributed by atoms with Crippen LogP contribution in [0.2, 0.25) is 0 Å². The highest BCUT2D eigenvalue weighted by Gasteiger charge is 2.12. The van der Waals surface area contributed by atoms with Crippen molar-refractivity contribution in [2.45, 2.75) is 26.3 Å². The molecule has 166 valence electrons. The molecule has 0 bridgehead atoms. The lowest BCUT2D eigenvalue weighted by Gasteiger charge is -2.26. The Morgan fingerprint density at radius 2 is 1.56 bits per heavy atom. The Morgan fingerprint density at radius 1 is 0.844 bits per heavy atom. The molecule has 1 aliphatic heterocycles. The summed E-state index contributed by atoms with van der Waals surface area (Å²) in [7, 11) is 0. The lowest BCUT2D eigenvalue weighted by atomic mass is 10.1. The van der Waals surface area contributed by atoms with Crippen molar-refractivity contribution in [3.63, 3.8) is 0 Å². The highest BCUT2D eigenvalue weighted by molar-refractivity contribution is 5.94. The van der Waals surface area contributed by atoms with E-state index in [0.29, 0.717) is 25.3 Å². The Kier molecular flexibility index (Phi) is 8.04. The molecule has 1 aliphatic rings. The normalized spacial score (nSPS) is 14.2. The molecular formula is C27H30N2O3. The minimum Gasteiger partial charge on any atom is -0.379 e. The van der Waals surface area contributed by atoms with Crippen LogP contribution < -0.4 is 5.32 Å². The van der Waals surface area contributed by atoms with Crippen molar-refractivity contribution >= 4 is 5.91 Å². The Balaban J connectivity index is 1.31. The fraction of sp³-hybridized carbons (Fsp3) is 0.296. The molecule has 0 spiro atoms. The molecule has 0 aliphatic carbocycles. The van der Waals surface area contributed by atoms with Crippen molar-refractivity contribution in [1.29, 1.82) is 0 Å². The van der Waals surface area contributed by atoms with E-state index in [2.05, 4.69) is 34.5 Å². The number of amides is 1. The van der Waals surface area contributed by atoms with Crippen LogP contribution in [0.15, 0.2) is 78.9 Å². The van der Waals surface area contributed by atoms with Crippen molar-refractivity contribution in [2.24, 2.45) is 0 Å². The van der Waals surface area contributed by atoms with Crippen molar-refractivity contribution in [1.82, 2.24) is 10.2 Å². The topological polar surface area (TPSA) is 50.8 Å². The number of hydrogen-bond donors (Lipinski definition) is 1. The minimum atomic E-state index is -0.0613. The summed E-state index contributed by atoms with van der Waals surface area (Å²) in [4.78, 5) is 15.2. The molecule has 0 unspecified atom stereocenters. The number of benzene rings is 3. The van der Waals surface area contributed by atoms with Gasteiger partial charge in [-0.3, -0.25) is 9.69 Å². The SMILES string of the molecule is O=C(NCc1ccccc1COCc1ccccc1)c1cccc(CN2CCOCC2)c1. The van der Waals surface area contributed by atoms with E-state index in [1.54, 1.807) is 0 Å².